The van der Waals surface area contributed by atoms with E-state index in [-0.39, 0.29) is 0 Å². The predicted molar refractivity (Wildman–Crippen MR) is 39.9 cm³/mol. The zero-order chi connectivity index (χ0) is 7.40. The summed E-state index contributed by atoms with van der Waals surface area (Å²) in [6, 6.07) is 0. The number of amidine groups is 1. The Morgan fingerprint density at radius 1 is 1.70 bits per heavy atom. The Morgan fingerprint density at radius 2 is 2.50 bits per heavy atom. The van der Waals surface area contributed by atoms with Gasteiger partial charge in [0.05, 0.1) is 20.2 Å². The summed E-state index contributed by atoms with van der Waals surface area (Å²) < 4.78 is 0. The van der Waals surface area contributed by atoms with Crippen molar-refractivity contribution in [3.8, 4) is 0 Å². The molecule has 0 aromatic rings. The third-order valence-corrected chi connectivity index (χ3v) is 1.42. The third-order valence-electron chi connectivity index (χ3n) is 1.42. The van der Waals surface area contributed by atoms with Crippen molar-refractivity contribution in [3.05, 3.63) is 0 Å². The van der Waals surface area contributed by atoms with Crippen molar-refractivity contribution in [2.24, 2.45) is 4.99 Å². The highest BCUT2D eigenvalue weighted by molar-refractivity contribution is 5.83. The molecule has 0 saturated heterocycles. The van der Waals surface area contributed by atoms with Crippen LogP contribution in [0.25, 0.3) is 0 Å². The van der Waals surface area contributed by atoms with Crippen LogP contribution in [0.15, 0.2) is 4.99 Å². The first-order chi connectivity index (χ1) is 4.83. The number of nitrogens with zero attached hydrogens (tertiary/aromatic N) is 2. The standard InChI is InChI=1S/C6H13N3O/c1-9-4-3-7-6(5-9)8-10-2/h3-5H2,1-2H3,(H,7,8). The van der Waals surface area contributed by atoms with Gasteiger partial charge in [-0.05, 0) is 7.05 Å². The van der Waals surface area contributed by atoms with Crippen LogP contribution in [0.4, 0.5) is 0 Å². The van der Waals surface area contributed by atoms with E-state index in [1.54, 1.807) is 7.11 Å². The second kappa shape index (κ2) is 3.53. The number of rotatable bonds is 1. The topological polar surface area (TPSA) is 36.9 Å². The van der Waals surface area contributed by atoms with E-state index in [1.807, 2.05) is 0 Å². The summed E-state index contributed by atoms with van der Waals surface area (Å²) in [5.74, 6) is 0.913. The molecule has 0 radical (unpaired) electrons. The lowest BCUT2D eigenvalue weighted by Gasteiger charge is -2.21. The minimum Gasteiger partial charge on any atom is -0.297 e. The van der Waals surface area contributed by atoms with E-state index in [9.17, 15) is 0 Å². The molecular formula is C6H13N3O. The molecule has 0 spiro atoms. The molecule has 4 nitrogen and oxygen atoms in total. The Bertz CT molecular complexity index is 135. The molecule has 58 valence electrons. The third kappa shape index (κ3) is 1.97. The highest BCUT2D eigenvalue weighted by Gasteiger charge is 2.08. The summed E-state index contributed by atoms with van der Waals surface area (Å²) in [5.41, 5.74) is 2.72. The van der Waals surface area contributed by atoms with Gasteiger partial charge in [0, 0.05) is 6.54 Å². The Hall–Kier alpha value is -0.610. The van der Waals surface area contributed by atoms with Gasteiger partial charge in [0.1, 0.15) is 5.84 Å². The average Bonchev–Trinajstić information content (AvgIpc) is 1.88. The highest BCUT2D eigenvalue weighted by Crippen LogP contribution is 1.91. The SMILES string of the molecule is CONC1=NCCN(C)C1. The molecule has 0 fully saturated rings. The molecule has 1 N–H and O–H groups in total. The zero-order valence-corrected chi connectivity index (χ0v) is 6.42. The summed E-state index contributed by atoms with van der Waals surface area (Å²) in [5, 5.41) is 0. The molecule has 10 heavy (non-hydrogen) atoms. The van der Waals surface area contributed by atoms with Crippen LogP contribution in [0.5, 0.6) is 0 Å². The fourth-order valence-corrected chi connectivity index (χ4v) is 0.923. The van der Waals surface area contributed by atoms with E-state index in [1.165, 1.54) is 0 Å². The number of likely N-dealkylation sites (N-methyl/N-ethyl adjacent to an activating group) is 1. The van der Waals surface area contributed by atoms with Crippen molar-refractivity contribution in [1.29, 1.82) is 0 Å². The van der Waals surface area contributed by atoms with E-state index in [2.05, 4.69) is 22.4 Å². The van der Waals surface area contributed by atoms with Gasteiger partial charge in [-0.15, -0.1) is 0 Å². The van der Waals surface area contributed by atoms with Gasteiger partial charge in [0.25, 0.3) is 0 Å². The van der Waals surface area contributed by atoms with Crippen molar-refractivity contribution in [2.45, 2.75) is 0 Å². The Morgan fingerprint density at radius 3 is 3.10 bits per heavy atom. The van der Waals surface area contributed by atoms with E-state index in [0.29, 0.717) is 0 Å². The number of hydrogen-bond donors (Lipinski definition) is 1. The minimum atomic E-state index is 0.855. The molecule has 0 aromatic carbocycles. The monoisotopic (exact) mass is 143 g/mol. The Balaban J connectivity index is 2.36. The smallest absolute Gasteiger partial charge is 0.135 e. The molecule has 0 unspecified atom stereocenters. The van der Waals surface area contributed by atoms with E-state index in [4.69, 9.17) is 4.84 Å². The molecule has 1 aliphatic heterocycles. The summed E-state index contributed by atoms with van der Waals surface area (Å²) >= 11 is 0. The van der Waals surface area contributed by atoms with Gasteiger partial charge in [-0.3, -0.25) is 20.2 Å². The van der Waals surface area contributed by atoms with Crippen molar-refractivity contribution >= 4 is 5.84 Å². The Labute approximate surface area is 60.8 Å². The van der Waals surface area contributed by atoms with Crippen LogP contribution in [0.2, 0.25) is 0 Å². The van der Waals surface area contributed by atoms with Gasteiger partial charge in [-0.25, -0.2) is 0 Å². The van der Waals surface area contributed by atoms with Gasteiger partial charge in [-0.1, -0.05) is 0 Å². The van der Waals surface area contributed by atoms with Crippen molar-refractivity contribution < 1.29 is 4.84 Å². The second-order valence-electron chi connectivity index (χ2n) is 2.37. The van der Waals surface area contributed by atoms with Gasteiger partial charge in [-0.2, -0.15) is 0 Å². The fourth-order valence-electron chi connectivity index (χ4n) is 0.923. The first-order valence-corrected chi connectivity index (χ1v) is 3.34. The second-order valence-corrected chi connectivity index (χ2v) is 2.37. The molecule has 0 atom stereocenters. The van der Waals surface area contributed by atoms with Gasteiger partial charge in [0.2, 0.25) is 0 Å². The molecule has 0 aliphatic carbocycles. The lowest BCUT2D eigenvalue weighted by molar-refractivity contribution is 0.138. The molecule has 0 amide bonds. The number of hydroxylamine groups is 1. The maximum Gasteiger partial charge on any atom is 0.135 e. The molecule has 1 rings (SSSR count). The normalized spacial score (nSPS) is 20.4. The zero-order valence-electron chi connectivity index (χ0n) is 6.42. The first-order valence-electron chi connectivity index (χ1n) is 3.34. The highest BCUT2D eigenvalue weighted by atomic mass is 16.6. The minimum absolute atomic E-state index is 0.855. The van der Waals surface area contributed by atoms with Crippen LogP contribution in [0, 0.1) is 0 Å². The quantitative estimate of drug-likeness (QED) is 0.502. The molecule has 4 heteroatoms. The first kappa shape index (κ1) is 7.50. The maximum atomic E-state index is 4.72. The molecular weight excluding hydrogens is 130 g/mol. The fraction of sp³-hybridized carbons (Fsp3) is 0.833. The van der Waals surface area contributed by atoms with Gasteiger partial charge in [0.15, 0.2) is 0 Å². The average molecular weight is 143 g/mol. The Kier molecular flexibility index (Phi) is 2.65. The molecule has 1 heterocycles. The summed E-state index contributed by atoms with van der Waals surface area (Å²) in [6.07, 6.45) is 0. The van der Waals surface area contributed by atoms with Crippen molar-refractivity contribution in [1.82, 2.24) is 10.4 Å². The van der Waals surface area contributed by atoms with Crippen LogP contribution in [0.3, 0.4) is 0 Å². The summed E-state index contributed by atoms with van der Waals surface area (Å²) in [4.78, 5) is 11.1. The largest absolute Gasteiger partial charge is 0.297 e. The van der Waals surface area contributed by atoms with Gasteiger partial charge < -0.3 is 0 Å². The number of aliphatic imine (C=N–C) groups is 1. The summed E-state index contributed by atoms with van der Waals surface area (Å²) in [6.45, 7) is 2.75. The van der Waals surface area contributed by atoms with Crippen molar-refractivity contribution in [2.75, 3.05) is 33.8 Å². The maximum absolute atomic E-state index is 4.72. The number of hydrogen-bond acceptors (Lipinski definition) is 4. The van der Waals surface area contributed by atoms with Crippen LogP contribution in [-0.4, -0.2) is 44.5 Å². The number of nitrogens with one attached hydrogen (secondary N) is 1. The molecule has 1 aliphatic rings. The predicted octanol–water partition coefficient (Wildman–Crippen LogP) is -0.519. The van der Waals surface area contributed by atoms with E-state index >= 15 is 0 Å². The van der Waals surface area contributed by atoms with Crippen molar-refractivity contribution in [3.63, 3.8) is 0 Å². The lowest BCUT2D eigenvalue weighted by atomic mass is 10.4. The van der Waals surface area contributed by atoms with E-state index < -0.39 is 0 Å². The molecule has 0 aromatic heterocycles. The van der Waals surface area contributed by atoms with Crippen LogP contribution < -0.4 is 5.48 Å². The van der Waals surface area contributed by atoms with Crippen LogP contribution in [0.1, 0.15) is 0 Å². The van der Waals surface area contributed by atoms with Gasteiger partial charge >= 0.3 is 0 Å². The molecule has 0 saturated carbocycles. The van der Waals surface area contributed by atoms with Crippen LogP contribution in [-0.2, 0) is 4.84 Å². The summed E-state index contributed by atoms with van der Waals surface area (Å²) in [7, 11) is 3.66. The lowest BCUT2D eigenvalue weighted by Crippen LogP contribution is -2.39. The molecule has 0 bridgehead atoms. The van der Waals surface area contributed by atoms with Crippen LogP contribution >= 0.6 is 0 Å². The van der Waals surface area contributed by atoms with E-state index in [0.717, 1.165) is 25.5 Å².